The standard InChI is InChI=1S/C15H18FNO/c1-4-17-11(3)13-8-9-14(18-13)12-7-5-6-10(2)15(12)16/h5-9,11,17H,4H2,1-3H3. The Morgan fingerprint density at radius 1 is 1.28 bits per heavy atom. The first-order valence-electron chi connectivity index (χ1n) is 6.22. The highest BCUT2D eigenvalue weighted by atomic mass is 19.1. The average Bonchev–Trinajstić information content (AvgIpc) is 2.82. The molecule has 1 unspecified atom stereocenters. The third kappa shape index (κ3) is 2.46. The number of halogens is 1. The van der Waals surface area contributed by atoms with E-state index in [1.165, 1.54) is 0 Å². The molecule has 18 heavy (non-hydrogen) atoms. The van der Waals surface area contributed by atoms with Gasteiger partial charge in [0.2, 0.25) is 0 Å². The van der Waals surface area contributed by atoms with Gasteiger partial charge < -0.3 is 9.73 Å². The summed E-state index contributed by atoms with van der Waals surface area (Å²) in [7, 11) is 0. The van der Waals surface area contributed by atoms with Crippen LogP contribution in [0, 0.1) is 12.7 Å². The number of aryl methyl sites for hydroxylation is 1. The molecule has 1 N–H and O–H groups in total. The Morgan fingerprint density at radius 2 is 2.06 bits per heavy atom. The first-order valence-corrected chi connectivity index (χ1v) is 6.22. The van der Waals surface area contributed by atoms with E-state index in [0.29, 0.717) is 16.9 Å². The molecule has 0 saturated heterocycles. The summed E-state index contributed by atoms with van der Waals surface area (Å²) in [5.41, 5.74) is 1.15. The van der Waals surface area contributed by atoms with Crippen LogP contribution < -0.4 is 5.32 Å². The summed E-state index contributed by atoms with van der Waals surface area (Å²) in [4.78, 5) is 0. The molecule has 0 aliphatic rings. The lowest BCUT2D eigenvalue weighted by Gasteiger charge is -2.08. The van der Waals surface area contributed by atoms with E-state index in [1.54, 1.807) is 19.1 Å². The predicted molar refractivity (Wildman–Crippen MR) is 70.9 cm³/mol. The topological polar surface area (TPSA) is 25.2 Å². The molecule has 1 aromatic heterocycles. The first kappa shape index (κ1) is 12.8. The maximum atomic E-state index is 14.0. The molecule has 0 saturated carbocycles. The van der Waals surface area contributed by atoms with Crippen LogP contribution in [0.4, 0.5) is 4.39 Å². The van der Waals surface area contributed by atoms with E-state index < -0.39 is 0 Å². The van der Waals surface area contributed by atoms with Crippen molar-refractivity contribution in [2.24, 2.45) is 0 Å². The smallest absolute Gasteiger partial charge is 0.137 e. The molecule has 0 aliphatic carbocycles. The van der Waals surface area contributed by atoms with Gasteiger partial charge in [-0.1, -0.05) is 19.1 Å². The Labute approximate surface area is 107 Å². The second-order valence-corrected chi connectivity index (χ2v) is 4.42. The van der Waals surface area contributed by atoms with E-state index in [1.807, 2.05) is 32.0 Å². The molecule has 0 aliphatic heterocycles. The molecule has 0 radical (unpaired) electrons. The minimum absolute atomic E-state index is 0.136. The lowest BCUT2D eigenvalue weighted by atomic mass is 10.1. The van der Waals surface area contributed by atoms with Crippen molar-refractivity contribution < 1.29 is 8.81 Å². The molecule has 1 aromatic carbocycles. The monoisotopic (exact) mass is 247 g/mol. The van der Waals surface area contributed by atoms with Crippen molar-refractivity contribution in [3.8, 4) is 11.3 Å². The van der Waals surface area contributed by atoms with Crippen molar-refractivity contribution >= 4 is 0 Å². The zero-order valence-electron chi connectivity index (χ0n) is 11.0. The molecule has 0 bridgehead atoms. The van der Waals surface area contributed by atoms with Crippen molar-refractivity contribution in [1.29, 1.82) is 0 Å². The molecule has 3 heteroatoms. The molecule has 1 heterocycles. The maximum Gasteiger partial charge on any atom is 0.137 e. The number of hydrogen-bond donors (Lipinski definition) is 1. The van der Waals surface area contributed by atoms with Crippen LogP contribution >= 0.6 is 0 Å². The van der Waals surface area contributed by atoms with Crippen molar-refractivity contribution in [3.63, 3.8) is 0 Å². The fourth-order valence-corrected chi connectivity index (χ4v) is 1.97. The minimum Gasteiger partial charge on any atom is -0.459 e. The average molecular weight is 247 g/mol. The number of hydrogen-bond acceptors (Lipinski definition) is 2. The second-order valence-electron chi connectivity index (χ2n) is 4.42. The van der Waals surface area contributed by atoms with Crippen molar-refractivity contribution in [2.75, 3.05) is 6.54 Å². The Bertz CT molecular complexity index is 533. The van der Waals surface area contributed by atoms with E-state index >= 15 is 0 Å². The van der Waals surface area contributed by atoms with Gasteiger partial charge in [-0.2, -0.15) is 0 Å². The molecular formula is C15H18FNO. The summed E-state index contributed by atoms with van der Waals surface area (Å²) in [6.45, 7) is 6.69. The fourth-order valence-electron chi connectivity index (χ4n) is 1.97. The molecule has 0 spiro atoms. The van der Waals surface area contributed by atoms with Crippen LogP contribution in [0.1, 0.15) is 31.2 Å². The Kier molecular flexibility index (Phi) is 3.82. The summed E-state index contributed by atoms with van der Waals surface area (Å²) >= 11 is 0. The number of rotatable bonds is 4. The van der Waals surface area contributed by atoms with Gasteiger partial charge in [-0.25, -0.2) is 4.39 Å². The van der Waals surface area contributed by atoms with Crippen LogP contribution in [0.25, 0.3) is 11.3 Å². The first-order chi connectivity index (χ1) is 8.63. The van der Waals surface area contributed by atoms with Gasteiger partial charge in [0.15, 0.2) is 0 Å². The van der Waals surface area contributed by atoms with Crippen LogP contribution in [0.2, 0.25) is 0 Å². The summed E-state index contributed by atoms with van der Waals surface area (Å²) in [5, 5.41) is 3.27. The zero-order chi connectivity index (χ0) is 13.1. The van der Waals surface area contributed by atoms with Crippen LogP contribution in [-0.4, -0.2) is 6.54 Å². The number of nitrogens with one attached hydrogen (secondary N) is 1. The normalized spacial score (nSPS) is 12.7. The summed E-state index contributed by atoms with van der Waals surface area (Å²) in [5.74, 6) is 1.19. The molecule has 0 amide bonds. The van der Waals surface area contributed by atoms with E-state index in [9.17, 15) is 4.39 Å². The fraction of sp³-hybridized carbons (Fsp3) is 0.333. The van der Waals surface area contributed by atoms with Crippen LogP contribution in [-0.2, 0) is 0 Å². The molecule has 1 atom stereocenters. The molecule has 2 aromatic rings. The second kappa shape index (κ2) is 5.36. The van der Waals surface area contributed by atoms with E-state index in [2.05, 4.69) is 5.32 Å². The van der Waals surface area contributed by atoms with Gasteiger partial charge in [0, 0.05) is 0 Å². The minimum atomic E-state index is -0.213. The van der Waals surface area contributed by atoms with Gasteiger partial charge in [-0.05, 0) is 44.2 Å². The third-order valence-corrected chi connectivity index (χ3v) is 3.02. The van der Waals surface area contributed by atoms with Crippen LogP contribution in [0.15, 0.2) is 34.7 Å². The van der Waals surface area contributed by atoms with E-state index in [0.717, 1.165) is 12.3 Å². The van der Waals surface area contributed by atoms with Gasteiger partial charge in [0.1, 0.15) is 17.3 Å². The molecule has 96 valence electrons. The summed E-state index contributed by atoms with van der Waals surface area (Å²) < 4.78 is 19.7. The largest absolute Gasteiger partial charge is 0.459 e. The highest BCUT2D eigenvalue weighted by molar-refractivity contribution is 5.59. The zero-order valence-corrected chi connectivity index (χ0v) is 11.0. The number of benzene rings is 1. The quantitative estimate of drug-likeness (QED) is 0.881. The maximum absolute atomic E-state index is 14.0. The van der Waals surface area contributed by atoms with E-state index in [4.69, 9.17) is 4.42 Å². The van der Waals surface area contributed by atoms with Crippen LogP contribution in [0.3, 0.4) is 0 Å². The summed E-state index contributed by atoms with van der Waals surface area (Å²) in [6.07, 6.45) is 0. The van der Waals surface area contributed by atoms with Gasteiger partial charge in [0.25, 0.3) is 0 Å². The lowest BCUT2D eigenvalue weighted by molar-refractivity contribution is 0.443. The molecule has 0 fully saturated rings. The molecule has 2 rings (SSSR count). The van der Waals surface area contributed by atoms with Crippen molar-refractivity contribution in [1.82, 2.24) is 5.32 Å². The Morgan fingerprint density at radius 3 is 2.78 bits per heavy atom. The predicted octanol–water partition coefficient (Wildman–Crippen LogP) is 4.06. The van der Waals surface area contributed by atoms with E-state index in [-0.39, 0.29) is 11.9 Å². The Hall–Kier alpha value is -1.61. The van der Waals surface area contributed by atoms with Crippen LogP contribution in [0.5, 0.6) is 0 Å². The summed E-state index contributed by atoms with van der Waals surface area (Å²) in [6, 6.07) is 9.18. The third-order valence-electron chi connectivity index (χ3n) is 3.02. The highest BCUT2D eigenvalue weighted by Gasteiger charge is 2.13. The van der Waals surface area contributed by atoms with Gasteiger partial charge in [-0.15, -0.1) is 0 Å². The van der Waals surface area contributed by atoms with Gasteiger partial charge >= 0.3 is 0 Å². The van der Waals surface area contributed by atoms with Gasteiger partial charge in [0.05, 0.1) is 11.6 Å². The molecular weight excluding hydrogens is 229 g/mol. The Balaban J connectivity index is 2.32. The SMILES string of the molecule is CCNC(C)c1ccc(-c2cccc(C)c2F)o1. The molecule has 2 nitrogen and oxygen atoms in total. The van der Waals surface area contributed by atoms with Crippen molar-refractivity contribution in [3.05, 3.63) is 47.5 Å². The van der Waals surface area contributed by atoms with Gasteiger partial charge in [-0.3, -0.25) is 0 Å². The lowest BCUT2D eigenvalue weighted by Crippen LogP contribution is -2.16. The van der Waals surface area contributed by atoms with Crippen molar-refractivity contribution in [2.45, 2.75) is 26.8 Å². The number of furan rings is 1. The highest BCUT2D eigenvalue weighted by Crippen LogP contribution is 2.28.